The van der Waals surface area contributed by atoms with E-state index in [0.29, 0.717) is 12.0 Å². The molecule has 0 radical (unpaired) electrons. The van der Waals surface area contributed by atoms with Gasteiger partial charge in [0.15, 0.2) is 0 Å². The summed E-state index contributed by atoms with van der Waals surface area (Å²) in [6.45, 7) is 11.0. The first-order chi connectivity index (χ1) is 7.69. The Hall–Kier alpha value is -0.830. The van der Waals surface area contributed by atoms with Gasteiger partial charge in [-0.1, -0.05) is 20.8 Å². The Bertz CT molecular complexity index is 291. The van der Waals surface area contributed by atoms with E-state index in [4.69, 9.17) is 0 Å². The SMILES string of the molecule is CCCNC(Cc1nccn1CC)C(C)C. The second-order valence-electron chi connectivity index (χ2n) is 4.64. The van der Waals surface area contributed by atoms with Crippen LogP contribution in [0.5, 0.6) is 0 Å². The van der Waals surface area contributed by atoms with Gasteiger partial charge in [0.2, 0.25) is 0 Å². The lowest BCUT2D eigenvalue weighted by Gasteiger charge is -2.22. The molecule has 3 nitrogen and oxygen atoms in total. The quantitative estimate of drug-likeness (QED) is 0.769. The maximum atomic E-state index is 4.44. The number of nitrogens with one attached hydrogen (secondary N) is 1. The highest BCUT2D eigenvalue weighted by Gasteiger charge is 2.15. The smallest absolute Gasteiger partial charge is 0.110 e. The lowest BCUT2D eigenvalue weighted by Crippen LogP contribution is -2.37. The Morgan fingerprint density at radius 2 is 2.12 bits per heavy atom. The van der Waals surface area contributed by atoms with E-state index in [1.165, 1.54) is 12.2 Å². The molecule has 0 aliphatic heterocycles. The zero-order valence-electron chi connectivity index (χ0n) is 11.0. The lowest BCUT2D eigenvalue weighted by atomic mass is 10.0. The van der Waals surface area contributed by atoms with E-state index in [-0.39, 0.29) is 0 Å². The second kappa shape index (κ2) is 6.69. The summed E-state index contributed by atoms with van der Waals surface area (Å²) >= 11 is 0. The summed E-state index contributed by atoms with van der Waals surface area (Å²) in [6.07, 6.45) is 6.17. The van der Waals surface area contributed by atoms with E-state index in [1.807, 2.05) is 6.20 Å². The first kappa shape index (κ1) is 13.2. The molecule has 16 heavy (non-hydrogen) atoms. The van der Waals surface area contributed by atoms with Gasteiger partial charge in [-0.05, 0) is 25.8 Å². The van der Waals surface area contributed by atoms with Gasteiger partial charge in [-0.25, -0.2) is 4.98 Å². The van der Waals surface area contributed by atoms with Crippen molar-refractivity contribution < 1.29 is 0 Å². The van der Waals surface area contributed by atoms with E-state index >= 15 is 0 Å². The highest BCUT2D eigenvalue weighted by molar-refractivity contribution is 4.96. The van der Waals surface area contributed by atoms with E-state index < -0.39 is 0 Å². The van der Waals surface area contributed by atoms with Crippen LogP contribution in [0.1, 0.15) is 39.9 Å². The first-order valence-corrected chi connectivity index (χ1v) is 6.42. The second-order valence-corrected chi connectivity index (χ2v) is 4.64. The van der Waals surface area contributed by atoms with Gasteiger partial charge in [-0.2, -0.15) is 0 Å². The van der Waals surface area contributed by atoms with Crippen LogP contribution in [0.25, 0.3) is 0 Å². The molecule has 0 amide bonds. The molecule has 1 aromatic rings. The summed E-state index contributed by atoms with van der Waals surface area (Å²) < 4.78 is 2.23. The topological polar surface area (TPSA) is 29.9 Å². The third-order valence-electron chi connectivity index (χ3n) is 3.01. The number of hydrogen-bond donors (Lipinski definition) is 1. The van der Waals surface area contributed by atoms with E-state index in [0.717, 1.165) is 19.5 Å². The monoisotopic (exact) mass is 223 g/mol. The Labute approximate surface area is 99.3 Å². The number of aryl methyl sites for hydroxylation is 1. The van der Waals surface area contributed by atoms with Gasteiger partial charge < -0.3 is 9.88 Å². The molecule has 92 valence electrons. The van der Waals surface area contributed by atoms with Crippen LogP contribution in [0.4, 0.5) is 0 Å². The molecule has 0 fully saturated rings. The molecule has 1 rings (SSSR count). The minimum absolute atomic E-state index is 0.535. The summed E-state index contributed by atoms with van der Waals surface area (Å²) in [6, 6.07) is 0.535. The summed E-state index contributed by atoms with van der Waals surface area (Å²) in [5.41, 5.74) is 0. The maximum absolute atomic E-state index is 4.44. The molecule has 0 aliphatic carbocycles. The fourth-order valence-electron chi connectivity index (χ4n) is 1.89. The van der Waals surface area contributed by atoms with Crippen molar-refractivity contribution in [1.82, 2.24) is 14.9 Å². The first-order valence-electron chi connectivity index (χ1n) is 6.42. The number of rotatable bonds is 7. The van der Waals surface area contributed by atoms with Gasteiger partial charge in [0.1, 0.15) is 5.82 Å². The molecule has 0 aromatic carbocycles. The molecular weight excluding hydrogens is 198 g/mol. The van der Waals surface area contributed by atoms with Crippen LogP contribution < -0.4 is 5.32 Å². The summed E-state index contributed by atoms with van der Waals surface area (Å²) in [5, 5.41) is 3.61. The summed E-state index contributed by atoms with van der Waals surface area (Å²) in [5.74, 6) is 1.85. The van der Waals surface area contributed by atoms with Gasteiger partial charge >= 0.3 is 0 Å². The van der Waals surface area contributed by atoms with Gasteiger partial charge in [0, 0.05) is 31.4 Å². The minimum atomic E-state index is 0.535. The Balaban J connectivity index is 2.60. The fraction of sp³-hybridized carbons (Fsp3) is 0.769. The number of nitrogens with zero attached hydrogens (tertiary/aromatic N) is 2. The predicted octanol–water partition coefficient (Wildman–Crippen LogP) is 2.47. The molecule has 0 bridgehead atoms. The summed E-state index contributed by atoms with van der Waals surface area (Å²) in [4.78, 5) is 4.44. The number of aromatic nitrogens is 2. The molecule has 1 aromatic heterocycles. The van der Waals surface area contributed by atoms with Crippen molar-refractivity contribution in [2.75, 3.05) is 6.54 Å². The van der Waals surface area contributed by atoms with Crippen LogP contribution in [0.15, 0.2) is 12.4 Å². The van der Waals surface area contributed by atoms with Crippen molar-refractivity contribution in [3.8, 4) is 0 Å². The molecule has 3 heteroatoms. The largest absolute Gasteiger partial charge is 0.335 e. The zero-order valence-corrected chi connectivity index (χ0v) is 11.0. The highest BCUT2D eigenvalue weighted by Crippen LogP contribution is 2.09. The van der Waals surface area contributed by atoms with Crippen LogP contribution >= 0.6 is 0 Å². The average molecular weight is 223 g/mol. The molecule has 1 unspecified atom stereocenters. The molecule has 1 heterocycles. The standard InChI is InChI=1S/C13H25N3/c1-5-7-14-12(11(3)4)10-13-15-8-9-16(13)6-2/h8-9,11-12,14H,5-7,10H2,1-4H3. The summed E-state index contributed by atoms with van der Waals surface area (Å²) in [7, 11) is 0. The molecule has 0 saturated carbocycles. The highest BCUT2D eigenvalue weighted by atomic mass is 15.1. The van der Waals surface area contributed by atoms with Gasteiger partial charge in [0.25, 0.3) is 0 Å². The van der Waals surface area contributed by atoms with Gasteiger partial charge in [-0.3, -0.25) is 0 Å². The van der Waals surface area contributed by atoms with E-state index in [9.17, 15) is 0 Å². The Morgan fingerprint density at radius 1 is 1.38 bits per heavy atom. The van der Waals surface area contributed by atoms with Gasteiger partial charge in [0.05, 0.1) is 0 Å². The van der Waals surface area contributed by atoms with E-state index in [2.05, 4.69) is 48.8 Å². The Kier molecular flexibility index (Phi) is 5.53. The zero-order chi connectivity index (χ0) is 12.0. The number of imidazole rings is 1. The molecule has 0 aliphatic rings. The van der Waals surface area contributed by atoms with Gasteiger partial charge in [-0.15, -0.1) is 0 Å². The van der Waals surface area contributed by atoms with Crippen molar-refractivity contribution in [2.45, 2.75) is 53.1 Å². The van der Waals surface area contributed by atoms with Crippen molar-refractivity contribution >= 4 is 0 Å². The lowest BCUT2D eigenvalue weighted by molar-refractivity contribution is 0.387. The molecule has 0 saturated heterocycles. The van der Waals surface area contributed by atoms with Crippen LogP contribution in [-0.4, -0.2) is 22.1 Å². The molecular formula is C13H25N3. The van der Waals surface area contributed by atoms with Crippen molar-refractivity contribution in [3.63, 3.8) is 0 Å². The van der Waals surface area contributed by atoms with Crippen LogP contribution in [0.3, 0.4) is 0 Å². The van der Waals surface area contributed by atoms with E-state index in [1.54, 1.807) is 0 Å². The molecule has 0 spiro atoms. The number of hydrogen-bond acceptors (Lipinski definition) is 2. The third-order valence-corrected chi connectivity index (χ3v) is 3.01. The van der Waals surface area contributed by atoms with Crippen molar-refractivity contribution in [2.24, 2.45) is 5.92 Å². The normalized spacial score (nSPS) is 13.3. The Morgan fingerprint density at radius 3 is 2.69 bits per heavy atom. The fourth-order valence-corrected chi connectivity index (χ4v) is 1.89. The van der Waals surface area contributed by atoms with Crippen LogP contribution in [0, 0.1) is 5.92 Å². The average Bonchev–Trinajstić information content (AvgIpc) is 2.70. The van der Waals surface area contributed by atoms with Crippen LogP contribution in [-0.2, 0) is 13.0 Å². The van der Waals surface area contributed by atoms with Crippen molar-refractivity contribution in [1.29, 1.82) is 0 Å². The third kappa shape index (κ3) is 3.63. The molecule has 1 N–H and O–H groups in total. The maximum Gasteiger partial charge on any atom is 0.110 e. The molecule has 1 atom stereocenters. The predicted molar refractivity (Wildman–Crippen MR) is 68.5 cm³/mol. The minimum Gasteiger partial charge on any atom is -0.335 e. The van der Waals surface area contributed by atoms with Crippen LogP contribution in [0.2, 0.25) is 0 Å². The van der Waals surface area contributed by atoms with Crippen molar-refractivity contribution in [3.05, 3.63) is 18.2 Å².